The van der Waals surface area contributed by atoms with Crippen LogP contribution in [0.15, 0.2) is 57.0 Å². The van der Waals surface area contributed by atoms with Crippen molar-refractivity contribution in [1.29, 1.82) is 0 Å². The summed E-state index contributed by atoms with van der Waals surface area (Å²) in [6, 6.07) is 7.75. The van der Waals surface area contributed by atoms with Crippen molar-refractivity contribution in [1.82, 2.24) is 38.9 Å². The Bertz CT molecular complexity index is 1910. The monoisotopic (exact) mass is 524 g/mol. The van der Waals surface area contributed by atoms with Gasteiger partial charge in [-0.05, 0) is 53.4 Å². The molecule has 0 aliphatic heterocycles. The van der Waals surface area contributed by atoms with E-state index in [-0.39, 0.29) is 41.0 Å². The highest BCUT2D eigenvalue weighted by Gasteiger charge is 2.38. The number of halogens is 3. The largest absolute Gasteiger partial charge is 0.416 e. The number of hydrogen-bond acceptors (Lipinski definition) is 6. The lowest BCUT2D eigenvalue weighted by Crippen LogP contribution is -2.42. The van der Waals surface area contributed by atoms with E-state index in [1.54, 1.807) is 32.3 Å². The van der Waals surface area contributed by atoms with E-state index in [4.69, 9.17) is 0 Å². The number of H-pyrrole nitrogens is 1. The highest BCUT2D eigenvalue weighted by molar-refractivity contribution is 5.78. The van der Waals surface area contributed by atoms with Crippen LogP contribution in [0, 0.1) is 0 Å². The molecule has 1 aliphatic rings. The van der Waals surface area contributed by atoms with E-state index in [1.165, 1.54) is 32.0 Å². The van der Waals surface area contributed by atoms with Crippen LogP contribution in [0.5, 0.6) is 0 Å². The molecule has 6 rings (SSSR count). The van der Waals surface area contributed by atoms with Gasteiger partial charge in [0.2, 0.25) is 5.82 Å². The molecule has 3 heterocycles. The van der Waals surface area contributed by atoms with E-state index in [1.807, 2.05) is 0 Å². The standard InChI is InChI=1S/C24H19F3N8O3/c1-32-18-8-6-12(10-19(18)33(2)22(32)37)34-11-15(20-28-30-31-29-20)21(36)35(23(34)38)17-9-7-13-14(17)4-3-5-16(13)24(25,26)27/h3-6,8,10-11,17H,7,9H2,1-2H3,(H,28,29,30,31)/t17-/m1/s1. The van der Waals surface area contributed by atoms with Gasteiger partial charge in [-0.2, -0.15) is 18.4 Å². The van der Waals surface area contributed by atoms with E-state index >= 15 is 0 Å². The van der Waals surface area contributed by atoms with Crippen molar-refractivity contribution in [3.05, 3.63) is 90.6 Å². The van der Waals surface area contributed by atoms with E-state index in [0.29, 0.717) is 16.7 Å². The number of aryl methyl sites for hydroxylation is 2. The average Bonchev–Trinajstić information content (AvgIpc) is 3.61. The van der Waals surface area contributed by atoms with Crippen LogP contribution >= 0.6 is 0 Å². The van der Waals surface area contributed by atoms with Gasteiger partial charge in [-0.15, -0.1) is 10.2 Å². The van der Waals surface area contributed by atoms with Crippen molar-refractivity contribution in [2.75, 3.05) is 0 Å². The van der Waals surface area contributed by atoms with Gasteiger partial charge in [0.15, 0.2) is 0 Å². The molecule has 3 aromatic heterocycles. The number of imidazole rings is 1. The van der Waals surface area contributed by atoms with Gasteiger partial charge in [-0.25, -0.2) is 9.59 Å². The number of rotatable bonds is 3. The summed E-state index contributed by atoms with van der Waals surface area (Å²) in [7, 11) is 3.22. The molecule has 0 unspecified atom stereocenters. The molecular weight excluding hydrogens is 505 g/mol. The third kappa shape index (κ3) is 3.36. The molecule has 0 saturated heterocycles. The fourth-order valence-corrected chi connectivity index (χ4v) is 5.27. The Kier molecular flexibility index (Phi) is 5.06. The van der Waals surface area contributed by atoms with Crippen molar-refractivity contribution in [3.63, 3.8) is 0 Å². The molecule has 194 valence electrons. The normalized spacial score (nSPS) is 15.3. The van der Waals surface area contributed by atoms with E-state index < -0.39 is 29.0 Å². The lowest BCUT2D eigenvalue weighted by molar-refractivity contribution is -0.138. The number of nitrogens with one attached hydrogen (secondary N) is 1. The first-order valence-corrected chi connectivity index (χ1v) is 11.5. The van der Waals surface area contributed by atoms with Crippen LogP contribution in [0.4, 0.5) is 13.2 Å². The highest BCUT2D eigenvalue weighted by Crippen LogP contribution is 2.41. The number of hydrogen-bond donors (Lipinski definition) is 1. The fraction of sp³-hybridized carbons (Fsp3) is 0.250. The Hall–Kier alpha value is -4.75. The molecule has 0 radical (unpaired) electrons. The lowest BCUT2D eigenvalue weighted by atomic mass is 10.0. The van der Waals surface area contributed by atoms with Gasteiger partial charge in [0.25, 0.3) is 5.56 Å². The second kappa shape index (κ2) is 8.13. The summed E-state index contributed by atoms with van der Waals surface area (Å²) in [6.07, 6.45) is -3.12. The minimum Gasteiger partial charge on any atom is -0.295 e. The molecule has 5 aromatic rings. The molecule has 0 amide bonds. The number of benzene rings is 2. The molecule has 0 spiro atoms. The van der Waals surface area contributed by atoms with Gasteiger partial charge in [-0.3, -0.25) is 23.1 Å². The van der Waals surface area contributed by atoms with Crippen LogP contribution in [-0.2, 0) is 26.7 Å². The second-order valence-electron chi connectivity index (χ2n) is 9.11. The maximum absolute atomic E-state index is 13.8. The number of fused-ring (bicyclic) bond motifs is 2. The molecule has 0 bridgehead atoms. The number of aromatic amines is 1. The van der Waals surface area contributed by atoms with Crippen LogP contribution in [0.2, 0.25) is 0 Å². The van der Waals surface area contributed by atoms with Crippen LogP contribution in [0.3, 0.4) is 0 Å². The second-order valence-corrected chi connectivity index (χ2v) is 9.11. The third-order valence-corrected chi connectivity index (χ3v) is 7.10. The maximum Gasteiger partial charge on any atom is 0.416 e. The molecule has 2 aromatic carbocycles. The van der Waals surface area contributed by atoms with E-state index in [2.05, 4.69) is 20.6 Å². The van der Waals surface area contributed by atoms with Gasteiger partial charge in [0.05, 0.1) is 28.3 Å². The summed E-state index contributed by atoms with van der Waals surface area (Å²) in [5.74, 6) is -0.0760. The predicted molar refractivity (Wildman–Crippen MR) is 129 cm³/mol. The smallest absolute Gasteiger partial charge is 0.295 e. The zero-order chi connectivity index (χ0) is 26.9. The third-order valence-electron chi connectivity index (χ3n) is 7.10. The molecule has 1 N–H and O–H groups in total. The van der Waals surface area contributed by atoms with E-state index in [0.717, 1.165) is 10.6 Å². The summed E-state index contributed by atoms with van der Waals surface area (Å²) >= 11 is 0. The van der Waals surface area contributed by atoms with Crippen molar-refractivity contribution >= 4 is 11.0 Å². The van der Waals surface area contributed by atoms with E-state index in [9.17, 15) is 27.6 Å². The minimum absolute atomic E-state index is 0.0477. The number of aromatic nitrogens is 8. The number of alkyl halides is 3. The highest BCUT2D eigenvalue weighted by atomic mass is 19.4. The van der Waals surface area contributed by atoms with Crippen molar-refractivity contribution in [2.24, 2.45) is 14.1 Å². The van der Waals surface area contributed by atoms with Crippen molar-refractivity contribution in [2.45, 2.75) is 25.1 Å². The van der Waals surface area contributed by atoms with Crippen LogP contribution in [0.1, 0.15) is 29.2 Å². The molecule has 38 heavy (non-hydrogen) atoms. The molecule has 11 nitrogen and oxygen atoms in total. The zero-order valence-corrected chi connectivity index (χ0v) is 20.0. The zero-order valence-electron chi connectivity index (χ0n) is 20.0. The average molecular weight is 524 g/mol. The topological polar surface area (TPSA) is 125 Å². The van der Waals surface area contributed by atoms with Gasteiger partial charge in [0.1, 0.15) is 5.56 Å². The van der Waals surface area contributed by atoms with Gasteiger partial charge >= 0.3 is 17.6 Å². The fourth-order valence-electron chi connectivity index (χ4n) is 5.27. The van der Waals surface area contributed by atoms with Crippen molar-refractivity contribution < 1.29 is 13.2 Å². The minimum atomic E-state index is -4.57. The van der Waals surface area contributed by atoms with Crippen LogP contribution in [-0.4, -0.2) is 38.9 Å². The molecule has 0 saturated carbocycles. The molecular formula is C24H19F3N8O3. The maximum atomic E-state index is 13.8. The Morgan fingerprint density at radius 1 is 1.00 bits per heavy atom. The summed E-state index contributed by atoms with van der Waals surface area (Å²) in [6.45, 7) is 0. The number of nitrogens with zero attached hydrogens (tertiary/aromatic N) is 7. The lowest BCUT2D eigenvalue weighted by Gasteiger charge is -2.19. The Balaban J connectivity index is 1.63. The number of tetrazole rings is 1. The van der Waals surface area contributed by atoms with Crippen LogP contribution in [0.25, 0.3) is 28.1 Å². The predicted octanol–water partition coefficient (Wildman–Crippen LogP) is 1.92. The molecule has 1 atom stereocenters. The molecule has 1 aliphatic carbocycles. The first-order chi connectivity index (χ1) is 18.1. The quantitative estimate of drug-likeness (QED) is 0.385. The van der Waals surface area contributed by atoms with Crippen molar-refractivity contribution in [3.8, 4) is 17.1 Å². The molecule has 0 fully saturated rings. The van der Waals surface area contributed by atoms with Gasteiger partial charge < -0.3 is 0 Å². The Morgan fingerprint density at radius 2 is 1.76 bits per heavy atom. The van der Waals surface area contributed by atoms with Crippen LogP contribution < -0.4 is 16.9 Å². The Labute approximate surface area is 210 Å². The summed E-state index contributed by atoms with van der Waals surface area (Å²) in [5, 5.41) is 13.5. The van der Waals surface area contributed by atoms with Gasteiger partial charge in [-0.1, -0.05) is 12.1 Å². The first-order valence-electron chi connectivity index (χ1n) is 11.5. The van der Waals surface area contributed by atoms with Gasteiger partial charge in [0, 0.05) is 20.3 Å². The summed E-state index contributed by atoms with van der Waals surface area (Å²) < 4.78 is 46.0. The summed E-state index contributed by atoms with van der Waals surface area (Å²) in [4.78, 5) is 39.9. The Morgan fingerprint density at radius 3 is 2.47 bits per heavy atom. The summed E-state index contributed by atoms with van der Waals surface area (Å²) in [5.41, 5.74) is -0.780. The molecule has 14 heteroatoms. The SMILES string of the molecule is Cn1c(=O)n(C)c2cc(-n3cc(-c4nn[nH]n4)c(=O)n([C@@H]4CCc5c4cccc5C(F)(F)F)c3=O)ccc21. The first kappa shape index (κ1) is 23.6.